The van der Waals surface area contributed by atoms with Crippen LogP contribution in [0.4, 0.5) is 11.4 Å². The quantitative estimate of drug-likeness (QED) is 0.488. The van der Waals surface area contributed by atoms with Crippen LogP contribution in [0.3, 0.4) is 0 Å². The summed E-state index contributed by atoms with van der Waals surface area (Å²) in [7, 11) is 0. The third kappa shape index (κ3) is 4.76. The van der Waals surface area contributed by atoms with Gasteiger partial charge < -0.3 is 10.8 Å². The third-order valence-electron chi connectivity index (χ3n) is 3.85. The highest BCUT2D eigenvalue weighted by Gasteiger charge is 2.05. The molecule has 4 aromatic rings. The first-order valence-electron chi connectivity index (χ1n) is 8.52. The molecule has 3 N–H and O–H groups in total. The summed E-state index contributed by atoms with van der Waals surface area (Å²) in [6, 6.07) is 24.0. The molecule has 0 saturated carbocycles. The molecule has 0 radical (unpaired) electrons. The lowest BCUT2D eigenvalue weighted by atomic mass is 10.1. The van der Waals surface area contributed by atoms with Crippen LogP contribution in [0, 0.1) is 0 Å². The van der Waals surface area contributed by atoms with Gasteiger partial charge in [0.15, 0.2) is 0 Å². The number of benzene rings is 3. The number of amides is 1. The Morgan fingerprint density at radius 3 is 2.29 bits per heavy atom. The summed E-state index contributed by atoms with van der Waals surface area (Å²) in [5, 5.41) is 20.2. The fourth-order valence-electron chi connectivity index (χ4n) is 2.46. The number of fused-ring (bicyclic) bond motifs is 1. The zero-order valence-electron chi connectivity index (χ0n) is 14.9. The minimum absolute atomic E-state index is 0.137. The zero-order valence-corrected chi connectivity index (χ0v) is 14.9. The molecule has 138 valence electrons. The summed E-state index contributed by atoms with van der Waals surface area (Å²) >= 11 is 0. The predicted octanol–water partition coefficient (Wildman–Crippen LogP) is 5.14. The number of aromatic nitrogens is 1. The summed E-state index contributed by atoms with van der Waals surface area (Å²) in [6.07, 6.45) is 3.02. The fourth-order valence-corrected chi connectivity index (χ4v) is 2.46. The number of phenols is 1. The van der Waals surface area contributed by atoms with Gasteiger partial charge in [0.05, 0.1) is 11.3 Å². The maximum absolute atomic E-state index is 10.4. The van der Waals surface area contributed by atoms with E-state index in [0.29, 0.717) is 11.3 Å². The maximum Gasteiger partial charge on any atom is 0.250 e. The molecule has 1 amide bonds. The van der Waals surface area contributed by atoms with E-state index in [1.807, 2.05) is 60.7 Å². The number of nitrogens with zero attached hydrogens (tertiary/aromatic N) is 3. The van der Waals surface area contributed by atoms with Crippen molar-refractivity contribution in [3.63, 3.8) is 0 Å². The summed E-state index contributed by atoms with van der Waals surface area (Å²) in [5.74, 6) is -0.304. The lowest BCUT2D eigenvalue weighted by molar-refractivity contribution is 0.1000. The molecule has 0 aliphatic carbocycles. The first-order chi connectivity index (χ1) is 13.6. The Balaban J connectivity index is 0.000000211. The van der Waals surface area contributed by atoms with Gasteiger partial charge >= 0.3 is 0 Å². The number of phenolic OH excluding ortho intramolecular Hbond substituents is 1. The minimum atomic E-state index is -0.442. The number of azo groups is 1. The fraction of sp³-hybridized carbons (Fsp3) is 0. The van der Waals surface area contributed by atoms with Crippen molar-refractivity contribution >= 4 is 28.1 Å². The van der Waals surface area contributed by atoms with Gasteiger partial charge in [0.2, 0.25) is 5.91 Å². The number of primary amides is 1. The SMILES string of the molecule is NC(=O)c1cccnc1.Oc1ccc2ccccc2c1N=Nc1ccccc1. The van der Waals surface area contributed by atoms with E-state index < -0.39 is 5.91 Å². The van der Waals surface area contributed by atoms with Gasteiger partial charge in [-0.05, 0) is 35.7 Å². The molecule has 0 bridgehead atoms. The third-order valence-corrected chi connectivity index (χ3v) is 3.85. The van der Waals surface area contributed by atoms with Crippen molar-refractivity contribution in [3.05, 3.63) is 96.8 Å². The molecule has 4 rings (SSSR count). The second kappa shape index (κ2) is 9.05. The van der Waals surface area contributed by atoms with Crippen molar-refractivity contribution in [3.8, 4) is 5.75 Å². The van der Waals surface area contributed by atoms with Crippen LogP contribution in [-0.4, -0.2) is 16.0 Å². The summed E-state index contributed by atoms with van der Waals surface area (Å²) < 4.78 is 0. The van der Waals surface area contributed by atoms with E-state index in [1.54, 1.807) is 24.4 Å². The smallest absolute Gasteiger partial charge is 0.250 e. The number of pyridine rings is 1. The van der Waals surface area contributed by atoms with Crippen LogP contribution >= 0.6 is 0 Å². The van der Waals surface area contributed by atoms with Crippen molar-refractivity contribution in [1.82, 2.24) is 4.98 Å². The average molecular weight is 370 g/mol. The highest BCUT2D eigenvalue weighted by Crippen LogP contribution is 2.35. The van der Waals surface area contributed by atoms with E-state index in [-0.39, 0.29) is 5.75 Å². The van der Waals surface area contributed by atoms with Crippen LogP contribution in [0.25, 0.3) is 10.8 Å². The van der Waals surface area contributed by atoms with Gasteiger partial charge in [-0.25, -0.2) is 0 Å². The van der Waals surface area contributed by atoms with E-state index in [0.717, 1.165) is 16.5 Å². The minimum Gasteiger partial charge on any atom is -0.506 e. The van der Waals surface area contributed by atoms with Crippen molar-refractivity contribution < 1.29 is 9.90 Å². The Morgan fingerprint density at radius 1 is 0.857 bits per heavy atom. The molecule has 0 spiro atoms. The first kappa shape index (κ1) is 18.7. The molecule has 0 unspecified atom stereocenters. The molecule has 28 heavy (non-hydrogen) atoms. The Bertz CT molecular complexity index is 1100. The zero-order chi connectivity index (χ0) is 19.8. The molecule has 1 aromatic heterocycles. The van der Waals surface area contributed by atoms with Crippen molar-refractivity contribution in [1.29, 1.82) is 0 Å². The molecule has 0 saturated heterocycles. The van der Waals surface area contributed by atoms with E-state index >= 15 is 0 Å². The van der Waals surface area contributed by atoms with E-state index in [9.17, 15) is 9.90 Å². The number of rotatable bonds is 3. The molecule has 0 fully saturated rings. The number of hydrogen-bond donors (Lipinski definition) is 2. The second-order valence-electron chi connectivity index (χ2n) is 5.80. The van der Waals surface area contributed by atoms with Gasteiger partial charge in [0.25, 0.3) is 0 Å². The Hall–Kier alpha value is -4.06. The highest BCUT2D eigenvalue weighted by molar-refractivity contribution is 5.95. The van der Waals surface area contributed by atoms with Crippen LogP contribution in [0.2, 0.25) is 0 Å². The van der Waals surface area contributed by atoms with E-state index in [4.69, 9.17) is 5.73 Å². The molecule has 0 aliphatic heterocycles. The molecule has 1 heterocycles. The van der Waals surface area contributed by atoms with Crippen LogP contribution < -0.4 is 5.73 Å². The van der Waals surface area contributed by atoms with Gasteiger partial charge in [-0.1, -0.05) is 48.5 Å². The van der Waals surface area contributed by atoms with Gasteiger partial charge in [-0.3, -0.25) is 9.78 Å². The number of nitrogens with two attached hydrogens (primary N) is 1. The standard InChI is InChI=1S/C16H12N2O.C6H6N2O/c19-15-11-10-12-6-4-5-9-14(12)16(15)18-17-13-7-2-1-3-8-13;7-6(9)5-2-1-3-8-4-5/h1-11,19H;1-4H,(H2,7,9). The topological polar surface area (TPSA) is 101 Å². The van der Waals surface area contributed by atoms with Gasteiger partial charge in [0, 0.05) is 17.8 Å². The van der Waals surface area contributed by atoms with Crippen LogP contribution in [0.1, 0.15) is 10.4 Å². The number of carbonyl (C=O) groups is 1. The van der Waals surface area contributed by atoms with Gasteiger partial charge in [-0.15, -0.1) is 5.11 Å². The molecule has 3 aromatic carbocycles. The average Bonchev–Trinajstić information content (AvgIpc) is 2.75. The predicted molar refractivity (Wildman–Crippen MR) is 109 cm³/mol. The molecule has 0 aliphatic rings. The van der Waals surface area contributed by atoms with E-state index in [2.05, 4.69) is 15.2 Å². The second-order valence-corrected chi connectivity index (χ2v) is 5.80. The summed E-state index contributed by atoms with van der Waals surface area (Å²) in [6.45, 7) is 0. The summed E-state index contributed by atoms with van der Waals surface area (Å²) in [4.78, 5) is 14.1. The lowest BCUT2D eigenvalue weighted by Crippen LogP contribution is -2.10. The maximum atomic E-state index is 10.4. The molecule has 0 atom stereocenters. The van der Waals surface area contributed by atoms with Crippen molar-refractivity contribution in [2.24, 2.45) is 16.0 Å². The normalized spacial score (nSPS) is 10.4. The number of aromatic hydroxyl groups is 1. The molecular weight excluding hydrogens is 352 g/mol. The lowest BCUT2D eigenvalue weighted by Gasteiger charge is -2.03. The number of hydrogen-bond acceptors (Lipinski definition) is 5. The number of carbonyl (C=O) groups excluding carboxylic acids is 1. The van der Waals surface area contributed by atoms with Crippen molar-refractivity contribution in [2.75, 3.05) is 0 Å². The Morgan fingerprint density at radius 2 is 1.61 bits per heavy atom. The largest absolute Gasteiger partial charge is 0.506 e. The van der Waals surface area contributed by atoms with Crippen LogP contribution in [-0.2, 0) is 0 Å². The Labute approximate surface area is 162 Å². The van der Waals surface area contributed by atoms with Gasteiger partial charge in [-0.2, -0.15) is 5.11 Å². The molecular formula is C22H18N4O2. The Kier molecular flexibility index (Phi) is 6.05. The summed E-state index contributed by atoms with van der Waals surface area (Å²) in [5.41, 5.74) is 6.64. The monoisotopic (exact) mass is 370 g/mol. The van der Waals surface area contributed by atoms with Crippen LogP contribution in [0.5, 0.6) is 5.75 Å². The van der Waals surface area contributed by atoms with Crippen LogP contribution in [0.15, 0.2) is 101 Å². The molecule has 6 nitrogen and oxygen atoms in total. The van der Waals surface area contributed by atoms with Gasteiger partial charge in [0.1, 0.15) is 11.4 Å². The molecule has 6 heteroatoms. The first-order valence-corrected chi connectivity index (χ1v) is 8.52. The van der Waals surface area contributed by atoms with Crippen molar-refractivity contribution in [2.45, 2.75) is 0 Å². The van der Waals surface area contributed by atoms with E-state index in [1.165, 1.54) is 6.20 Å². The highest BCUT2D eigenvalue weighted by atomic mass is 16.3.